The number of carbonyl (C=O) groups excluding carboxylic acids is 1. The van der Waals surface area contributed by atoms with E-state index in [4.69, 9.17) is 0 Å². The van der Waals surface area contributed by atoms with Crippen molar-refractivity contribution in [3.8, 4) is 0 Å². The molecule has 2 aliphatic rings. The van der Waals surface area contributed by atoms with Gasteiger partial charge in [0.25, 0.3) is 0 Å². The number of thioether (sulfide) groups is 1. The third-order valence-electron chi connectivity index (χ3n) is 4.97. The highest BCUT2D eigenvalue weighted by Gasteiger charge is 2.36. The van der Waals surface area contributed by atoms with Gasteiger partial charge in [-0.2, -0.15) is 0 Å². The summed E-state index contributed by atoms with van der Waals surface area (Å²) in [6, 6.07) is 10.2. The predicted molar refractivity (Wildman–Crippen MR) is 93.1 cm³/mol. The van der Waals surface area contributed by atoms with E-state index in [1.54, 1.807) is 11.8 Å². The Balaban J connectivity index is 1.45. The maximum atomic E-state index is 12.4. The molecule has 1 aromatic rings. The normalized spacial score (nSPS) is 26.9. The molecule has 0 aliphatic carbocycles. The minimum Gasteiger partial charge on any atom is -0.342 e. The van der Waals surface area contributed by atoms with Gasteiger partial charge >= 0.3 is 0 Å². The molecule has 3 rings (SSSR count). The maximum absolute atomic E-state index is 12.4. The van der Waals surface area contributed by atoms with Crippen molar-refractivity contribution in [2.24, 2.45) is 0 Å². The molecular weight excluding hydrogens is 292 g/mol. The van der Waals surface area contributed by atoms with Crippen LogP contribution in [0.3, 0.4) is 0 Å². The van der Waals surface area contributed by atoms with Crippen LogP contribution in [0.4, 0.5) is 0 Å². The Labute approximate surface area is 137 Å². The number of aryl methyl sites for hydroxylation is 1. The van der Waals surface area contributed by atoms with Crippen LogP contribution in [0.5, 0.6) is 0 Å². The number of hydrogen-bond acceptors (Lipinski definition) is 3. The first-order chi connectivity index (χ1) is 10.6. The SMILES string of the molecule is Cc1cccc(CSCC(=O)N(C)C2CC3CCC(C2)N3)c1. The minimum atomic E-state index is 0.281. The highest BCUT2D eigenvalue weighted by Crippen LogP contribution is 2.29. The lowest BCUT2D eigenvalue weighted by molar-refractivity contribution is -0.129. The monoisotopic (exact) mass is 318 g/mol. The Hall–Kier alpha value is -1.00. The number of amides is 1. The highest BCUT2D eigenvalue weighted by atomic mass is 32.2. The van der Waals surface area contributed by atoms with Crippen molar-refractivity contribution >= 4 is 17.7 Å². The summed E-state index contributed by atoms with van der Waals surface area (Å²) in [5, 5.41) is 3.64. The molecule has 3 nitrogen and oxygen atoms in total. The molecule has 2 bridgehead atoms. The van der Waals surface area contributed by atoms with Crippen LogP contribution in [0, 0.1) is 6.92 Å². The van der Waals surface area contributed by atoms with Gasteiger partial charge in [0, 0.05) is 30.9 Å². The van der Waals surface area contributed by atoms with Gasteiger partial charge in [0.15, 0.2) is 0 Å². The molecule has 120 valence electrons. The molecule has 4 heteroatoms. The second-order valence-corrected chi connectivity index (χ2v) is 7.74. The zero-order valence-corrected chi connectivity index (χ0v) is 14.4. The number of hydrogen-bond donors (Lipinski definition) is 1. The number of rotatable bonds is 5. The van der Waals surface area contributed by atoms with Crippen LogP contribution in [0.15, 0.2) is 24.3 Å². The maximum Gasteiger partial charge on any atom is 0.232 e. The van der Waals surface area contributed by atoms with E-state index >= 15 is 0 Å². The molecule has 1 amide bonds. The molecule has 2 aliphatic heterocycles. The van der Waals surface area contributed by atoms with Crippen LogP contribution < -0.4 is 5.32 Å². The molecule has 2 heterocycles. The lowest BCUT2D eigenvalue weighted by Gasteiger charge is -2.35. The summed E-state index contributed by atoms with van der Waals surface area (Å²) in [7, 11) is 1.99. The first kappa shape index (κ1) is 15.9. The first-order valence-electron chi connectivity index (χ1n) is 8.27. The fraction of sp³-hybridized carbons (Fsp3) is 0.611. The van der Waals surface area contributed by atoms with Crippen LogP contribution in [0.1, 0.15) is 36.8 Å². The first-order valence-corrected chi connectivity index (χ1v) is 9.42. The Morgan fingerprint density at radius 2 is 2.05 bits per heavy atom. The molecule has 2 saturated heterocycles. The number of piperidine rings is 1. The average Bonchev–Trinajstić information content (AvgIpc) is 2.85. The molecule has 0 saturated carbocycles. The summed E-state index contributed by atoms with van der Waals surface area (Å²) in [6.07, 6.45) is 4.82. The van der Waals surface area contributed by atoms with Crippen LogP contribution in [-0.2, 0) is 10.5 Å². The molecule has 2 unspecified atom stereocenters. The molecular formula is C18H26N2OS. The van der Waals surface area contributed by atoms with Crippen molar-refractivity contribution in [3.63, 3.8) is 0 Å². The van der Waals surface area contributed by atoms with Gasteiger partial charge in [-0.25, -0.2) is 0 Å². The lowest BCUT2D eigenvalue weighted by atomic mass is 9.98. The van der Waals surface area contributed by atoms with E-state index in [1.807, 2.05) is 11.9 Å². The molecule has 0 spiro atoms. The van der Waals surface area contributed by atoms with Crippen molar-refractivity contribution in [1.82, 2.24) is 10.2 Å². The highest BCUT2D eigenvalue weighted by molar-refractivity contribution is 7.99. The van der Waals surface area contributed by atoms with Crippen LogP contribution >= 0.6 is 11.8 Å². The van der Waals surface area contributed by atoms with E-state index in [1.165, 1.54) is 24.0 Å². The van der Waals surface area contributed by atoms with Crippen molar-refractivity contribution < 1.29 is 4.79 Å². The summed E-state index contributed by atoms with van der Waals surface area (Å²) in [6.45, 7) is 2.11. The van der Waals surface area contributed by atoms with Crippen molar-refractivity contribution in [3.05, 3.63) is 35.4 Å². The van der Waals surface area contributed by atoms with Crippen molar-refractivity contribution in [2.45, 2.75) is 56.5 Å². The molecule has 1 N–H and O–H groups in total. The second kappa shape index (κ2) is 7.05. The fourth-order valence-electron chi connectivity index (χ4n) is 3.71. The second-order valence-electron chi connectivity index (χ2n) is 6.75. The zero-order valence-electron chi connectivity index (χ0n) is 13.5. The van der Waals surface area contributed by atoms with Gasteiger partial charge in [-0.3, -0.25) is 4.79 Å². The van der Waals surface area contributed by atoms with Crippen molar-refractivity contribution in [2.75, 3.05) is 12.8 Å². The number of carbonyl (C=O) groups is 1. The summed E-state index contributed by atoms with van der Waals surface area (Å²) >= 11 is 1.73. The smallest absolute Gasteiger partial charge is 0.232 e. The standard InChI is InChI=1S/C18H26N2OS/c1-13-4-3-5-14(8-13)11-22-12-18(21)20(2)17-9-15-6-7-16(10-17)19-15/h3-5,8,15-17,19H,6-7,9-12H2,1-2H3. The number of nitrogens with one attached hydrogen (secondary N) is 1. The van der Waals surface area contributed by atoms with E-state index in [0.29, 0.717) is 23.9 Å². The quantitative estimate of drug-likeness (QED) is 0.906. The fourth-order valence-corrected chi connectivity index (χ4v) is 4.60. The van der Waals surface area contributed by atoms with E-state index in [2.05, 4.69) is 36.5 Å². The van der Waals surface area contributed by atoms with Gasteiger partial charge < -0.3 is 10.2 Å². The summed E-state index contributed by atoms with van der Waals surface area (Å²) in [4.78, 5) is 14.4. The molecule has 22 heavy (non-hydrogen) atoms. The molecule has 0 radical (unpaired) electrons. The van der Waals surface area contributed by atoms with Crippen LogP contribution in [0.25, 0.3) is 0 Å². The minimum absolute atomic E-state index is 0.281. The van der Waals surface area contributed by atoms with Crippen molar-refractivity contribution in [1.29, 1.82) is 0 Å². The largest absolute Gasteiger partial charge is 0.342 e. The molecule has 2 fully saturated rings. The Bertz CT molecular complexity index is 522. The number of fused-ring (bicyclic) bond motifs is 2. The number of nitrogens with zero attached hydrogens (tertiary/aromatic N) is 1. The van der Waals surface area contributed by atoms with E-state index in [0.717, 1.165) is 18.6 Å². The third-order valence-corrected chi connectivity index (χ3v) is 5.95. The van der Waals surface area contributed by atoms with Crippen LogP contribution in [-0.4, -0.2) is 41.7 Å². The van der Waals surface area contributed by atoms with Gasteiger partial charge in [0.1, 0.15) is 0 Å². The Morgan fingerprint density at radius 1 is 1.32 bits per heavy atom. The summed E-state index contributed by atoms with van der Waals surface area (Å²) < 4.78 is 0. The Kier molecular flexibility index (Phi) is 5.09. The van der Waals surface area contributed by atoms with E-state index in [9.17, 15) is 4.79 Å². The Morgan fingerprint density at radius 3 is 2.73 bits per heavy atom. The summed E-state index contributed by atoms with van der Waals surface area (Å²) in [5.41, 5.74) is 2.59. The van der Waals surface area contributed by atoms with Gasteiger partial charge in [-0.05, 0) is 38.2 Å². The lowest BCUT2D eigenvalue weighted by Crippen LogP contribution is -2.49. The number of benzene rings is 1. The summed E-state index contributed by atoms with van der Waals surface area (Å²) in [5.74, 6) is 1.78. The van der Waals surface area contributed by atoms with E-state index < -0.39 is 0 Å². The van der Waals surface area contributed by atoms with Gasteiger partial charge in [0.05, 0.1) is 5.75 Å². The topological polar surface area (TPSA) is 32.3 Å². The molecule has 1 aromatic carbocycles. The van der Waals surface area contributed by atoms with Gasteiger partial charge in [-0.15, -0.1) is 11.8 Å². The third kappa shape index (κ3) is 3.85. The molecule has 0 aromatic heterocycles. The van der Waals surface area contributed by atoms with Gasteiger partial charge in [-0.1, -0.05) is 29.8 Å². The predicted octanol–water partition coefficient (Wildman–Crippen LogP) is 2.97. The zero-order chi connectivity index (χ0) is 15.5. The van der Waals surface area contributed by atoms with E-state index in [-0.39, 0.29) is 5.91 Å². The average molecular weight is 318 g/mol. The van der Waals surface area contributed by atoms with Crippen LogP contribution in [0.2, 0.25) is 0 Å². The molecule has 2 atom stereocenters. The van der Waals surface area contributed by atoms with Gasteiger partial charge in [0.2, 0.25) is 5.91 Å².